The molecule has 0 spiro atoms. The van der Waals surface area contributed by atoms with Crippen molar-refractivity contribution >= 4 is 9.84 Å². The first-order valence-corrected chi connectivity index (χ1v) is 8.19. The predicted molar refractivity (Wildman–Crippen MR) is 69.9 cm³/mol. The lowest BCUT2D eigenvalue weighted by molar-refractivity contribution is 0.273. The fraction of sp³-hybridized carbons (Fsp3) is 0.833. The first kappa shape index (κ1) is 13.1. The minimum Gasteiger partial charge on any atom is -0.312 e. The molecule has 98 valence electrons. The van der Waals surface area contributed by atoms with Gasteiger partial charge in [0.2, 0.25) is 0 Å². The Morgan fingerprint density at radius 1 is 1.53 bits per heavy atom. The van der Waals surface area contributed by atoms with Crippen molar-refractivity contribution < 1.29 is 8.42 Å². The van der Waals surface area contributed by atoms with Crippen LogP contribution < -0.4 is 5.32 Å². The normalized spacial score (nSPS) is 29.9. The van der Waals surface area contributed by atoms with Crippen LogP contribution >= 0.6 is 0 Å². The maximum atomic E-state index is 11.5. The van der Waals surface area contributed by atoms with Crippen LogP contribution in [0.1, 0.15) is 19.8 Å². The van der Waals surface area contributed by atoms with Gasteiger partial charge in [0.15, 0.2) is 9.84 Å². The van der Waals surface area contributed by atoms with Gasteiger partial charge in [0, 0.05) is 25.7 Å². The van der Waals surface area contributed by atoms with Crippen LogP contribution in [0.25, 0.3) is 0 Å². The van der Waals surface area contributed by atoms with Crippen LogP contribution in [0, 0.1) is 0 Å². The van der Waals surface area contributed by atoms with Crippen molar-refractivity contribution in [3.05, 3.63) is 11.6 Å². The van der Waals surface area contributed by atoms with Gasteiger partial charge in [-0.25, -0.2) is 8.42 Å². The average Bonchev–Trinajstić information content (AvgIpc) is 2.25. The predicted octanol–water partition coefficient (Wildman–Crippen LogP) is 0.415. The quantitative estimate of drug-likeness (QED) is 0.745. The zero-order valence-electron chi connectivity index (χ0n) is 10.5. The third-order valence-corrected chi connectivity index (χ3v) is 5.24. The second-order valence-corrected chi connectivity index (χ2v) is 7.40. The van der Waals surface area contributed by atoms with E-state index in [1.165, 1.54) is 5.57 Å². The molecule has 0 aromatic rings. The lowest BCUT2D eigenvalue weighted by Crippen LogP contribution is -2.46. The van der Waals surface area contributed by atoms with E-state index in [-0.39, 0.29) is 6.04 Å². The molecule has 0 saturated carbocycles. The molecule has 0 radical (unpaired) electrons. The van der Waals surface area contributed by atoms with E-state index in [2.05, 4.69) is 23.2 Å². The van der Waals surface area contributed by atoms with Gasteiger partial charge in [-0.15, -0.1) is 0 Å². The van der Waals surface area contributed by atoms with E-state index in [0.29, 0.717) is 18.1 Å². The Kier molecular flexibility index (Phi) is 4.22. The molecule has 2 aliphatic heterocycles. The molecule has 1 atom stereocenters. The number of nitrogens with zero attached hydrogens (tertiary/aromatic N) is 1. The van der Waals surface area contributed by atoms with E-state index >= 15 is 0 Å². The fourth-order valence-electron chi connectivity index (χ4n) is 2.57. The van der Waals surface area contributed by atoms with Crippen molar-refractivity contribution in [1.29, 1.82) is 0 Å². The number of hydrogen-bond donors (Lipinski definition) is 1. The van der Waals surface area contributed by atoms with Crippen molar-refractivity contribution in [1.82, 2.24) is 10.2 Å². The summed E-state index contributed by atoms with van der Waals surface area (Å²) in [4.78, 5) is 2.41. The molecule has 0 aliphatic carbocycles. The minimum atomic E-state index is -2.79. The lowest BCUT2D eigenvalue weighted by atomic mass is 10.1. The summed E-state index contributed by atoms with van der Waals surface area (Å²) in [5, 5.41) is 3.31. The molecule has 1 N–H and O–H groups in total. The van der Waals surface area contributed by atoms with Crippen molar-refractivity contribution in [3.63, 3.8) is 0 Å². The Morgan fingerprint density at radius 3 is 3.06 bits per heavy atom. The molecule has 0 aromatic heterocycles. The Balaban J connectivity index is 1.77. The first-order valence-electron chi connectivity index (χ1n) is 6.37. The molecule has 2 rings (SSSR count). The summed E-state index contributed by atoms with van der Waals surface area (Å²) < 4.78 is 23.0. The molecule has 2 aliphatic rings. The molecule has 0 amide bonds. The van der Waals surface area contributed by atoms with Gasteiger partial charge in [-0.3, -0.25) is 4.90 Å². The van der Waals surface area contributed by atoms with Gasteiger partial charge in [0.25, 0.3) is 0 Å². The van der Waals surface area contributed by atoms with E-state index in [1.54, 1.807) is 0 Å². The van der Waals surface area contributed by atoms with Crippen molar-refractivity contribution in [3.8, 4) is 0 Å². The topological polar surface area (TPSA) is 49.4 Å². The highest BCUT2D eigenvalue weighted by atomic mass is 32.2. The minimum absolute atomic E-state index is 0.153. The maximum absolute atomic E-state index is 11.5. The van der Waals surface area contributed by atoms with Crippen LogP contribution in [0.3, 0.4) is 0 Å². The van der Waals surface area contributed by atoms with Crippen LogP contribution in [-0.4, -0.2) is 57.0 Å². The number of hydrogen-bond acceptors (Lipinski definition) is 4. The summed E-state index contributed by atoms with van der Waals surface area (Å²) >= 11 is 0. The van der Waals surface area contributed by atoms with Crippen LogP contribution in [0.15, 0.2) is 11.6 Å². The van der Waals surface area contributed by atoms with Gasteiger partial charge in [0.05, 0.1) is 11.5 Å². The summed E-state index contributed by atoms with van der Waals surface area (Å²) in [5.41, 5.74) is 1.43. The van der Waals surface area contributed by atoms with Gasteiger partial charge in [-0.1, -0.05) is 11.6 Å². The Morgan fingerprint density at radius 2 is 2.35 bits per heavy atom. The summed E-state index contributed by atoms with van der Waals surface area (Å²) in [6.45, 7) is 5.93. The zero-order valence-corrected chi connectivity index (χ0v) is 11.3. The van der Waals surface area contributed by atoms with Gasteiger partial charge in [-0.2, -0.15) is 0 Å². The molecule has 5 heteroatoms. The van der Waals surface area contributed by atoms with Crippen LogP contribution in [-0.2, 0) is 9.84 Å². The van der Waals surface area contributed by atoms with Gasteiger partial charge < -0.3 is 5.32 Å². The highest BCUT2D eigenvalue weighted by molar-refractivity contribution is 7.91. The first-order chi connectivity index (χ1) is 8.05. The van der Waals surface area contributed by atoms with Crippen LogP contribution in [0.5, 0.6) is 0 Å². The second kappa shape index (κ2) is 5.50. The monoisotopic (exact) mass is 258 g/mol. The number of nitrogens with one attached hydrogen (secondary N) is 1. The van der Waals surface area contributed by atoms with E-state index in [0.717, 1.165) is 32.5 Å². The summed E-state index contributed by atoms with van der Waals surface area (Å²) in [6, 6.07) is 0.153. The van der Waals surface area contributed by atoms with E-state index < -0.39 is 9.84 Å². The number of sulfone groups is 1. The van der Waals surface area contributed by atoms with Gasteiger partial charge in [0.1, 0.15) is 0 Å². The SMILES string of the molecule is CC1=CCCN(CCC2CS(=O)(=O)CCN2)C1. The van der Waals surface area contributed by atoms with Crippen LogP contribution in [0.4, 0.5) is 0 Å². The summed E-state index contributed by atoms with van der Waals surface area (Å²) in [7, 11) is -2.79. The van der Waals surface area contributed by atoms with Crippen molar-refractivity contribution in [2.45, 2.75) is 25.8 Å². The molecule has 2 heterocycles. The molecule has 1 saturated heterocycles. The third kappa shape index (κ3) is 4.08. The third-order valence-electron chi connectivity index (χ3n) is 3.51. The highest BCUT2D eigenvalue weighted by Gasteiger charge is 2.24. The smallest absolute Gasteiger partial charge is 0.153 e. The Labute approximate surface area is 104 Å². The molecule has 4 nitrogen and oxygen atoms in total. The summed E-state index contributed by atoms with van der Waals surface area (Å²) in [5.74, 6) is 0.616. The number of rotatable bonds is 3. The van der Waals surface area contributed by atoms with E-state index in [1.807, 2.05) is 0 Å². The van der Waals surface area contributed by atoms with Crippen LogP contribution in [0.2, 0.25) is 0 Å². The molecule has 1 unspecified atom stereocenters. The molecule has 0 aromatic carbocycles. The summed E-state index contributed by atoms with van der Waals surface area (Å²) in [6.07, 6.45) is 4.36. The van der Waals surface area contributed by atoms with E-state index in [9.17, 15) is 8.42 Å². The average molecular weight is 258 g/mol. The molecular weight excluding hydrogens is 236 g/mol. The second-order valence-electron chi connectivity index (χ2n) is 5.17. The molecule has 17 heavy (non-hydrogen) atoms. The standard InChI is InChI=1S/C12H22N2O2S/c1-11-3-2-6-14(9-11)7-4-12-10-17(15,16)8-5-13-12/h3,12-13H,2,4-10H2,1H3. The van der Waals surface area contributed by atoms with E-state index in [4.69, 9.17) is 0 Å². The zero-order chi connectivity index (χ0) is 12.3. The lowest BCUT2D eigenvalue weighted by Gasteiger charge is -2.29. The largest absolute Gasteiger partial charge is 0.312 e. The molecular formula is C12H22N2O2S. The molecule has 0 bridgehead atoms. The highest BCUT2D eigenvalue weighted by Crippen LogP contribution is 2.11. The molecule has 1 fully saturated rings. The fourth-order valence-corrected chi connectivity index (χ4v) is 4.06. The Bertz CT molecular complexity index is 389. The van der Waals surface area contributed by atoms with Gasteiger partial charge >= 0.3 is 0 Å². The van der Waals surface area contributed by atoms with Crippen molar-refractivity contribution in [2.75, 3.05) is 37.7 Å². The van der Waals surface area contributed by atoms with Gasteiger partial charge in [-0.05, 0) is 26.3 Å². The Hall–Kier alpha value is -0.390. The van der Waals surface area contributed by atoms with Crippen molar-refractivity contribution in [2.24, 2.45) is 0 Å². The maximum Gasteiger partial charge on any atom is 0.153 e.